The molecule has 0 atom stereocenters. The van der Waals surface area contributed by atoms with Gasteiger partial charge in [-0.05, 0) is 39.0 Å². The van der Waals surface area contributed by atoms with Crippen LogP contribution in [-0.2, 0) is 9.53 Å². The van der Waals surface area contributed by atoms with Crippen LogP contribution < -0.4 is 5.32 Å². The zero-order chi connectivity index (χ0) is 19.3. The highest BCUT2D eigenvalue weighted by Crippen LogP contribution is 2.19. The van der Waals surface area contributed by atoms with Crippen molar-refractivity contribution in [2.24, 2.45) is 0 Å². The van der Waals surface area contributed by atoms with Crippen molar-refractivity contribution in [1.29, 1.82) is 0 Å². The largest absolute Gasteiger partial charge is 0.444 e. The Morgan fingerprint density at radius 3 is 2.46 bits per heavy atom. The SMILES string of the molecule is CC(C)(C)OC(=O)N1CCN(CCC(=O)Nc2ccc(Br)cc2F)CC1. The van der Waals surface area contributed by atoms with Crippen LogP contribution in [0.3, 0.4) is 0 Å². The maximum Gasteiger partial charge on any atom is 0.410 e. The minimum atomic E-state index is -0.505. The maximum atomic E-state index is 13.7. The lowest BCUT2D eigenvalue weighted by atomic mass is 10.2. The van der Waals surface area contributed by atoms with Crippen LogP contribution in [0.15, 0.2) is 22.7 Å². The third-order valence-electron chi connectivity index (χ3n) is 3.88. The van der Waals surface area contributed by atoms with E-state index in [-0.39, 0.29) is 24.1 Å². The number of halogens is 2. The van der Waals surface area contributed by atoms with E-state index in [1.54, 1.807) is 11.0 Å². The summed E-state index contributed by atoms with van der Waals surface area (Å²) in [4.78, 5) is 27.8. The van der Waals surface area contributed by atoms with E-state index in [9.17, 15) is 14.0 Å². The molecule has 0 aromatic heterocycles. The molecular weight excluding hydrogens is 405 g/mol. The average molecular weight is 430 g/mol. The number of carbonyl (C=O) groups excluding carboxylic acids is 2. The van der Waals surface area contributed by atoms with Gasteiger partial charge in [-0.25, -0.2) is 9.18 Å². The van der Waals surface area contributed by atoms with E-state index in [4.69, 9.17) is 4.74 Å². The summed E-state index contributed by atoms with van der Waals surface area (Å²) in [5.41, 5.74) is -0.331. The Morgan fingerprint density at radius 2 is 1.88 bits per heavy atom. The van der Waals surface area contributed by atoms with Crippen molar-refractivity contribution in [1.82, 2.24) is 9.80 Å². The van der Waals surface area contributed by atoms with Crippen LogP contribution in [0.2, 0.25) is 0 Å². The summed E-state index contributed by atoms with van der Waals surface area (Å²) in [5.74, 6) is -0.709. The summed E-state index contributed by atoms with van der Waals surface area (Å²) in [6, 6.07) is 4.51. The van der Waals surface area contributed by atoms with Gasteiger partial charge in [0.1, 0.15) is 11.4 Å². The summed E-state index contributed by atoms with van der Waals surface area (Å²) < 4.78 is 19.7. The molecule has 1 aromatic carbocycles. The van der Waals surface area contributed by atoms with Crippen molar-refractivity contribution in [3.8, 4) is 0 Å². The van der Waals surface area contributed by atoms with Crippen molar-refractivity contribution < 1.29 is 18.7 Å². The maximum absolute atomic E-state index is 13.7. The zero-order valence-electron chi connectivity index (χ0n) is 15.3. The number of nitrogens with one attached hydrogen (secondary N) is 1. The van der Waals surface area contributed by atoms with Gasteiger partial charge in [0.15, 0.2) is 0 Å². The van der Waals surface area contributed by atoms with Crippen LogP contribution in [0.25, 0.3) is 0 Å². The van der Waals surface area contributed by atoms with Crippen molar-refractivity contribution in [2.45, 2.75) is 32.8 Å². The number of hydrogen-bond acceptors (Lipinski definition) is 4. The average Bonchev–Trinajstić information content (AvgIpc) is 2.54. The van der Waals surface area contributed by atoms with E-state index in [0.29, 0.717) is 37.2 Å². The van der Waals surface area contributed by atoms with Gasteiger partial charge < -0.3 is 15.0 Å². The normalized spacial score (nSPS) is 15.7. The highest BCUT2D eigenvalue weighted by molar-refractivity contribution is 9.10. The fraction of sp³-hybridized carbons (Fsp3) is 0.556. The summed E-state index contributed by atoms with van der Waals surface area (Å²) in [5, 5.41) is 2.58. The molecule has 6 nitrogen and oxygen atoms in total. The number of amides is 2. The molecule has 1 fully saturated rings. The first-order valence-electron chi connectivity index (χ1n) is 8.59. The predicted octanol–water partition coefficient (Wildman–Crippen LogP) is 3.47. The summed E-state index contributed by atoms with van der Waals surface area (Å²) >= 11 is 3.18. The Kier molecular flexibility index (Phi) is 7.00. The third kappa shape index (κ3) is 6.57. The molecule has 8 heteroatoms. The summed E-state index contributed by atoms with van der Waals surface area (Å²) in [6.07, 6.45) is -0.0392. The Morgan fingerprint density at radius 1 is 1.23 bits per heavy atom. The molecule has 1 heterocycles. The molecule has 0 radical (unpaired) electrons. The van der Waals surface area contributed by atoms with Crippen LogP contribution in [0.1, 0.15) is 27.2 Å². The smallest absolute Gasteiger partial charge is 0.410 e. The number of rotatable bonds is 4. The molecule has 0 aliphatic carbocycles. The Hall–Kier alpha value is -1.67. The van der Waals surface area contributed by atoms with Crippen molar-refractivity contribution in [3.63, 3.8) is 0 Å². The number of benzene rings is 1. The Balaban J connectivity index is 1.72. The molecule has 1 aliphatic rings. The second-order valence-electron chi connectivity index (χ2n) is 7.23. The number of hydrogen-bond donors (Lipinski definition) is 1. The van der Waals surface area contributed by atoms with Crippen molar-refractivity contribution >= 4 is 33.6 Å². The lowest BCUT2D eigenvalue weighted by molar-refractivity contribution is -0.116. The number of carbonyl (C=O) groups is 2. The van der Waals surface area contributed by atoms with E-state index < -0.39 is 11.4 Å². The minimum absolute atomic E-state index is 0.174. The van der Waals surface area contributed by atoms with Gasteiger partial charge in [-0.1, -0.05) is 15.9 Å². The molecule has 1 aliphatic heterocycles. The summed E-state index contributed by atoms with van der Waals surface area (Å²) in [7, 11) is 0. The number of ether oxygens (including phenoxy) is 1. The first-order chi connectivity index (χ1) is 12.1. The van der Waals surface area contributed by atoms with Crippen molar-refractivity contribution in [2.75, 3.05) is 38.0 Å². The van der Waals surface area contributed by atoms with Gasteiger partial charge in [0.05, 0.1) is 5.69 Å². The highest BCUT2D eigenvalue weighted by atomic mass is 79.9. The fourth-order valence-electron chi connectivity index (χ4n) is 2.54. The Labute approximate surface area is 161 Å². The lowest BCUT2D eigenvalue weighted by Gasteiger charge is -2.35. The number of nitrogens with zero attached hydrogens (tertiary/aromatic N) is 2. The summed E-state index contributed by atoms with van der Waals surface area (Å²) in [6.45, 7) is 8.58. The third-order valence-corrected chi connectivity index (χ3v) is 4.38. The van der Waals surface area contributed by atoms with Gasteiger partial charge >= 0.3 is 6.09 Å². The van der Waals surface area contributed by atoms with Crippen LogP contribution in [-0.4, -0.2) is 60.1 Å². The van der Waals surface area contributed by atoms with Crippen molar-refractivity contribution in [3.05, 3.63) is 28.5 Å². The molecule has 26 heavy (non-hydrogen) atoms. The van der Waals surface area contributed by atoms with Crippen LogP contribution >= 0.6 is 15.9 Å². The molecule has 1 aromatic rings. The van der Waals surface area contributed by atoms with Gasteiger partial charge in [-0.3, -0.25) is 9.69 Å². The first kappa shape index (κ1) is 20.6. The van der Waals surface area contributed by atoms with E-state index in [0.717, 1.165) is 0 Å². The second-order valence-corrected chi connectivity index (χ2v) is 8.15. The first-order valence-corrected chi connectivity index (χ1v) is 9.38. The molecular formula is C18H25BrFN3O3. The number of anilines is 1. The molecule has 144 valence electrons. The number of piperazine rings is 1. The minimum Gasteiger partial charge on any atom is -0.444 e. The quantitative estimate of drug-likeness (QED) is 0.795. The van der Waals surface area contributed by atoms with E-state index >= 15 is 0 Å². The van der Waals surface area contributed by atoms with Gasteiger partial charge in [0.25, 0.3) is 0 Å². The van der Waals surface area contributed by atoms with Crippen LogP contribution in [0.5, 0.6) is 0 Å². The van der Waals surface area contributed by atoms with Gasteiger partial charge in [0, 0.05) is 43.6 Å². The predicted molar refractivity (Wildman–Crippen MR) is 102 cm³/mol. The second kappa shape index (κ2) is 8.81. The monoisotopic (exact) mass is 429 g/mol. The lowest BCUT2D eigenvalue weighted by Crippen LogP contribution is -2.50. The molecule has 1 N–H and O–H groups in total. The zero-order valence-corrected chi connectivity index (χ0v) is 16.9. The van der Waals surface area contributed by atoms with Gasteiger partial charge in [0.2, 0.25) is 5.91 Å². The molecule has 0 bridgehead atoms. The highest BCUT2D eigenvalue weighted by Gasteiger charge is 2.25. The van der Waals surface area contributed by atoms with Crippen LogP contribution in [0.4, 0.5) is 14.9 Å². The molecule has 0 unspecified atom stereocenters. The molecule has 2 amide bonds. The molecule has 2 rings (SSSR count). The van der Waals surface area contributed by atoms with E-state index in [1.165, 1.54) is 12.1 Å². The topological polar surface area (TPSA) is 61.9 Å². The molecule has 0 spiro atoms. The fourth-order valence-corrected chi connectivity index (χ4v) is 2.88. The van der Waals surface area contributed by atoms with E-state index in [1.807, 2.05) is 20.8 Å². The van der Waals surface area contributed by atoms with E-state index in [2.05, 4.69) is 26.1 Å². The van der Waals surface area contributed by atoms with Gasteiger partial charge in [-0.2, -0.15) is 0 Å². The molecule has 0 saturated carbocycles. The van der Waals surface area contributed by atoms with Crippen LogP contribution in [0, 0.1) is 5.82 Å². The standard InChI is InChI=1S/C18H25BrFN3O3/c1-18(2,3)26-17(25)23-10-8-22(9-11-23)7-6-16(24)21-15-5-4-13(19)12-14(15)20/h4-5,12H,6-11H2,1-3H3,(H,21,24). The van der Waals surface area contributed by atoms with Gasteiger partial charge in [-0.15, -0.1) is 0 Å². The molecule has 1 saturated heterocycles. The Bertz CT molecular complexity index is 656.